The number of nitrogens with one attached hydrogen (secondary N) is 2. The van der Waals surface area contributed by atoms with Crippen LogP contribution in [0.25, 0.3) is 27.5 Å². The molecular formula is C48H56N6O10. The lowest BCUT2D eigenvalue weighted by Crippen LogP contribution is -2.52. The molecule has 2 atom stereocenters. The molecule has 5 aromatic rings. The third-order valence-electron chi connectivity index (χ3n) is 12.2. The molecule has 338 valence electrons. The number of aromatic nitrogens is 3. The number of nitrogens with zero attached hydrogens (tertiary/aromatic N) is 4. The molecule has 5 heterocycles. The number of hydrogen-bond acceptors (Lipinski definition) is 10. The summed E-state index contributed by atoms with van der Waals surface area (Å²) in [6, 6.07) is 18.6. The number of imidazole rings is 1. The van der Waals surface area contributed by atoms with E-state index in [4.69, 9.17) is 23.7 Å². The standard InChI is InChI=1S/C48H56N6O10/c1-32-25-35-10-9-34(27-39(35)49-32)36-6-4-15-52(29-36)47(58)43-28-38-37(30-53(43)31-55)5-3-7-44(38)64-24-23-63-22-21-62-20-19-61-18-17-60-16-14-33-8-11-40-42(26-33)51(2)48(59)54(40)41-12-13-45(56)50-46(41)57/h3,5-11,25-27,31,41,43,49H,4,12-24,28-30H2,1-2H3,(H,50,56,57). The Balaban J connectivity index is 0.693. The highest BCUT2D eigenvalue weighted by Crippen LogP contribution is 2.33. The molecule has 3 aromatic carbocycles. The van der Waals surface area contributed by atoms with Crippen LogP contribution in [-0.4, -0.2) is 127 Å². The lowest BCUT2D eigenvalue weighted by molar-refractivity contribution is -0.141. The molecule has 0 saturated carbocycles. The molecule has 8 rings (SSSR count). The fourth-order valence-electron chi connectivity index (χ4n) is 8.86. The van der Waals surface area contributed by atoms with E-state index in [-0.39, 0.29) is 23.9 Å². The van der Waals surface area contributed by atoms with E-state index in [1.807, 2.05) is 48.2 Å². The lowest BCUT2D eigenvalue weighted by atomic mass is 9.92. The summed E-state index contributed by atoms with van der Waals surface area (Å²) < 4.78 is 32.0. The molecule has 16 nitrogen and oxygen atoms in total. The van der Waals surface area contributed by atoms with E-state index in [1.165, 1.54) is 9.13 Å². The number of aryl methyl sites for hydroxylation is 2. The minimum absolute atomic E-state index is 0.0574. The van der Waals surface area contributed by atoms with Gasteiger partial charge in [-0.1, -0.05) is 36.4 Å². The summed E-state index contributed by atoms with van der Waals surface area (Å²) in [6.07, 6.45) is 5.25. The molecule has 64 heavy (non-hydrogen) atoms. The fourth-order valence-corrected chi connectivity index (χ4v) is 8.86. The summed E-state index contributed by atoms with van der Waals surface area (Å²) >= 11 is 0. The molecule has 4 amide bonds. The zero-order valence-corrected chi connectivity index (χ0v) is 36.5. The van der Waals surface area contributed by atoms with Gasteiger partial charge in [0.25, 0.3) is 0 Å². The molecule has 1 fully saturated rings. The third kappa shape index (κ3) is 10.2. The largest absolute Gasteiger partial charge is 0.491 e. The van der Waals surface area contributed by atoms with Gasteiger partial charge in [-0.3, -0.25) is 33.6 Å². The number of carbonyl (C=O) groups excluding carboxylic acids is 4. The number of H-pyrrole nitrogens is 1. The van der Waals surface area contributed by atoms with Crippen molar-refractivity contribution in [2.24, 2.45) is 7.05 Å². The van der Waals surface area contributed by atoms with Crippen LogP contribution >= 0.6 is 0 Å². The van der Waals surface area contributed by atoms with E-state index in [0.29, 0.717) is 110 Å². The normalized spacial score (nSPS) is 17.8. The monoisotopic (exact) mass is 876 g/mol. The highest BCUT2D eigenvalue weighted by molar-refractivity contribution is 6.00. The van der Waals surface area contributed by atoms with Crippen LogP contribution < -0.4 is 15.7 Å². The first-order valence-electron chi connectivity index (χ1n) is 22.0. The number of fused-ring (bicyclic) bond motifs is 3. The van der Waals surface area contributed by atoms with Gasteiger partial charge in [-0.15, -0.1) is 0 Å². The van der Waals surface area contributed by atoms with Crippen LogP contribution in [0.5, 0.6) is 5.75 Å². The Morgan fingerprint density at radius 3 is 2.34 bits per heavy atom. The van der Waals surface area contributed by atoms with Gasteiger partial charge < -0.3 is 38.5 Å². The Morgan fingerprint density at radius 2 is 1.59 bits per heavy atom. The first-order valence-corrected chi connectivity index (χ1v) is 22.0. The second kappa shape index (κ2) is 20.6. The maximum Gasteiger partial charge on any atom is 0.329 e. The minimum atomic E-state index is -0.713. The predicted octanol–water partition coefficient (Wildman–Crippen LogP) is 3.99. The van der Waals surface area contributed by atoms with Crippen molar-refractivity contribution in [2.45, 2.75) is 57.7 Å². The highest BCUT2D eigenvalue weighted by Gasteiger charge is 2.36. The summed E-state index contributed by atoms with van der Waals surface area (Å²) in [5.41, 5.74) is 8.36. The molecule has 0 spiro atoms. The van der Waals surface area contributed by atoms with Crippen molar-refractivity contribution in [3.05, 3.63) is 105 Å². The summed E-state index contributed by atoms with van der Waals surface area (Å²) in [5.74, 6) is -0.131. The first kappa shape index (κ1) is 44.5. The van der Waals surface area contributed by atoms with Crippen LogP contribution in [0.1, 0.15) is 53.3 Å². The molecule has 3 aliphatic heterocycles. The second-order valence-corrected chi connectivity index (χ2v) is 16.5. The summed E-state index contributed by atoms with van der Waals surface area (Å²) in [5, 5.41) is 3.49. The molecule has 3 aliphatic rings. The van der Waals surface area contributed by atoms with Crippen molar-refractivity contribution >= 4 is 51.6 Å². The second-order valence-electron chi connectivity index (χ2n) is 16.5. The molecule has 2 aromatic heterocycles. The lowest BCUT2D eigenvalue weighted by Gasteiger charge is -2.38. The molecule has 16 heteroatoms. The van der Waals surface area contributed by atoms with Gasteiger partial charge in [0.15, 0.2) is 0 Å². The zero-order valence-electron chi connectivity index (χ0n) is 36.5. The van der Waals surface area contributed by atoms with E-state index >= 15 is 0 Å². The molecule has 0 bridgehead atoms. The van der Waals surface area contributed by atoms with Crippen molar-refractivity contribution in [1.82, 2.24) is 29.2 Å². The Bertz CT molecular complexity index is 2590. The third-order valence-corrected chi connectivity index (χ3v) is 12.2. The summed E-state index contributed by atoms with van der Waals surface area (Å²) in [6.45, 7) is 7.14. The van der Waals surface area contributed by atoms with E-state index < -0.39 is 18.0 Å². The Labute approximate surface area is 371 Å². The molecule has 0 radical (unpaired) electrons. The van der Waals surface area contributed by atoms with Crippen LogP contribution in [0.4, 0.5) is 0 Å². The van der Waals surface area contributed by atoms with Gasteiger partial charge in [-0.25, -0.2) is 4.79 Å². The maximum absolute atomic E-state index is 14.1. The van der Waals surface area contributed by atoms with Gasteiger partial charge >= 0.3 is 5.69 Å². The number of aromatic amines is 1. The quantitative estimate of drug-likeness (QED) is 0.0661. The number of hydrogen-bond donors (Lipinski definition) is 2. The summed E-state index contributed by atoms with van der Waals surface area (Å²) in [7, 11) is 1.68. The van der Waals surface area contributed by atoms with Crippen molar-refractivity contribution < 1.29 is 42.9 Å². The number of ether oxygens (including phenoxy) is 5. The molecule has 2 unspecified atom stereocenters. The highest BCUT2D eigenvalue weighted by atomic mass is 16.6. The number of carbonyl (C=O) groups is 4. The number of rotatable bonds is 20. The summed E-state index contributed by atoms with van der Waals surface area (Å²) in [4.78, 5) is 70.3. The van der Waals surface area contributed by atoms with Crippen LogP contribution in [0.3, 0.4) is 0 Å². The molecule has 1 saturated heterocycles. The molecule has 2 N–H and O–H groups in total. The topological polar surface area (TPSA) is 176 Å². The number of piperidine rings is 1. The van der Waals surface area contributed by atoms with E-state index in [1.54, 1.807) is 11.9 Å². The van der Waals surface area contributed by atoms with Gasteiger partial charge in [-0.05, 0) is 84.2 Å². The smallest absolute Gasteiger partial charge is 0.329 e. The number of amides is 4. The fraction of sp³-hybridized carbons (Fsp3) is 0.438. The number of benzene rings is 3. The number of imide groups is 1. The van der Waals surface area contributed by atoms with E-state index in [2.05, 4.69) is 40.6 Å². The minimum Gasteiger partial charge on any atom is -0.491 e. The zero-order chi connectivity index (χ0) is 44.6. The van der Waals surface area contributed by atoms with E-state index in [9.17, 15) is 24.0 Å². The van der Waals surface area contributed by atoms with Gasteiger partial charge in [0.2, 0.25) is 24.1 Å². The van der Waals surface area contributed by atoms with Crippen LogP contribution in [0.15, 0.2) is 71.5 Å². The average molecular weight is 877 g/mol. The van der Waals surface area contributed by atoms with Crippen molar-refractivity contribution in [1.29, 1.82) is 0 Å². The van der Waals surface area contributed by atoms with Gasteiger partial charge in [0.1, 0.15) is 24.4 Å². The van der Waals surface area contributed by atoms with E-state index in [0.717, 1.165) is 62.8 Å². The van der Waals surface area contributed by atoms with Crippen molar-refractivity contribution in [3.8, 4) is 5.75 Å². The first-order chi connectivity index (χ1) is 31.2. The Morgan fingerprint density at radius 1 is 0.844 bits per heavy atom. The maximum atomic E-state index is 14.1. The van der Waals surface area contributed by atoms with Crippen LogP contribution in [-0.2, 0) is 64.6 Å². The predicted molar refractivity (Wildman–Crippen MR) is 239 cm³/mol. The van der Waals surface area contributed by atoms with Crippen molar-refractivity contribution in [2.75, 3.05) is 72.6 Å². The Kier molecular flexibility index (Phi) is 14.3. The van der Waals surface area contributed by atoms with Gasteiger partial charge in [-0.2, -0.15) is 0 Å². The van der Waals surface area contributed by atoms with Crippen LogP contribution in [0.2, 0.25) is 0 Å². The molecular weight excluding hydrogens is 821 g/mol. The van der Waals surface area contributed by atoms with Gasteiger partial charge in [0.05, 0.1) is 63.9 Å². The Hall–Kier alpha value is -6.07. The molecule has 0 aliphatic carbocycles. The average Bonchev–Trinajstić information content (AvgIpc) is 3.80. The van der Waals surface area contributed by atoms with Crippen molar-refractivity contribution in [3.63, 3.8) is 0 Å². The van der Waals surface area contributed by atoms with Gasteiger partial charge in [0, 0.05) is 56.3 Å². The van der Waals surface area contributed by atoms with Crippen LogP contribution in [0, 0.1) is 6.92 Å². The SMILES string of the molecule is Cc1cc2ccc(C3=CCCN(C(=O)C4Cc5c(cccc5OCCOCCOCCOCCOCCc5ccc6c(c5)n(C)c(=O)n6C5CCC(=O)NC5=O)CN4C=O)C3)cc2[nH]1.